The molecule has 0 radical (unpaired) electrons. The van der Waals surface area contributed by atoms with Gasteiger partial charge in [-0.3, -0.25) is 9.59 Å². The lowest BCUT2D eigenvalue weighted by molar-refractivity contribution is -0.129. The van der Waals surface area contributed by atoms with Crippen LogP contribution >= 0.6 is 11.8 Å². The van der Waals surface area contributed by atoms with Crippen molar-refractivity contribution in [3.63, 3.8) is 0 Å². The Kier molecular flexibility index (Phi) is 6.93. The average molecular weight is 383 g/mol. The second-order valence-corrected chi connectivity index (χ2v) is 7.96. The van der Waals surface area contributed by atoms with E-state index in [9.17, 15) is 9.59 Å². The van der Waals surface area contributed by atoms with E-state index in [2.05, 4.69) is 29.6 Å². The molecule has 1 N–H and O–H groups in total. The largest absolute Gasteiger partial charge is 0.342 e. The number of carbonyl (C=O) groups is 2. The number of carbonyl (C=O) groups excluding carboxylic acids is 2. The molecule has 27 heavy (non-hydrogen) atoms. The third kappa shape index (κ3) is 5.86. The van der Waals surface area contributed by atoms with Crippen molar-refractivity contribution >= 4 is 29.3 Å². The van der Waals surface area contributed by atoms with Crippen LogP contribution in [-0.4, -0.2) is 41.3 Å². The summed E-state index contributed by atoms with van der Waals surface area (Å²) in [5, 5.41) is 2.86. The second-order valence-electron chi connectivity index (χ2n) is 6.97. The topological polar surface area (TPSA) is 49.4 Å². The molecule has 1 aliphatic heterocycles. The highest BCUT2D eigenvalue weighted by atomic mass is 32.2. The summed E-state index contributed by atoms with van der Waals surface area (Å²) in [5.41, 5.74) is 3.32. The van der Waals surface area contributed by atoms with Crippen molar-refractivity contribution in [3.8, 4) is 0 Å². The molecule has 142 valence electrons. The standard InChI is InChI=1S/C22H26N2O2S/c1-17-7-9-20(10-8-17)23-21(25)15-27-16-22(26)24-13-11-19(12-14-24)18-5-3-2-4-6-18/h2-10,19H,11-16H2,1H3,(H,23,25). The van der Waals surface area contributed by atoms with Gasteiger partial charge in [0.25, 0.3) is 0 Å². The van der Waals surface area contributed by atoms with Crippen LogP contribution in [-0.2, 0) is 9.59 Å². The Balaban J connectivity index is 1.36. The first-order valence-electron chi connectivity index (χ1n) is 9.39. The fourth-order valence-corrected chi connectivity index (χ4v) is 4.06. The van der Waals surface area contributed by atoms with Crippen LogP contribution in [0.25, 0.3) is 0 Å². The summed E-state index contributed by atoms with van der Waals surface area (Å²) in [6.07, 6.45) is 2.02. The number of amides is 2. The molecule has 1 aliphatic rings. The first-order chi connectivity index (χ1) is 13.1. The molecular formula is C22H26N2O2S. The van der Waals surface area contributed by atoms with E-state index in [1.165, 1.54) is 17.3 Å². The summed E-state index contributed by atoms with van der Waals surface area (Å²) in [4.78, 5) is 26.3. The summed E-state index contributed by atoms with van der Waals surface area (Å²) in [6.45, 7) is 3.61. The van der Waals surface area contributed by atoms with Crippen molar-refractivity contribution in [1.82, 2.24) is 4.90 Å². The van der Waals surface area contributed by atoms with Crippen LogP contribution in [0.3, 0.4) is 0 Å². The summed E-state index contributed by atoms with van der Waals surface area (Å²) >= 11 is 1.38. The van der Waals surface area contributed by atoms with E-state index in [0.29, 0.717) is 17.4 Å². The minimum atomic E-state index is -0.0700. The number of benzene rings is 2. The van der Waals surface area contributed by atoms with Gasteiger partial charge >= 0.3 is 0 Å². The molecule has 0 aromatic heterocycles. The zero-order valence-electron chi connectivity index (χ0n) is 15.7. The third-order valence-electron chi connectivity index (χ3n) is 4.91. The van der Waals surface area contributed by atoms with E-state index in [0.717, 1.165) is 37.2 Å². The molecule has 5 heteroatoms. The molecule has 0 spiro atoms. The Morgan fingerprint density at radius 2 is 1.67 bits per heavy atom. The predicted octanol–water partition coefficient (Wildman–Crippen LogP) is 4.07. The van der Waals surface area contributed by atoms with Gasteiger partial charge in [-0.1, -0.05) is 48.0 Å². The van der Waals surface area contributed by atoms with Crippen LogP contribution in [0.15, 0.2) is 54.6 Å². The normalized spacial score (nSPS) is 14.8. The fourth-order valence-electron chi connectivity index (χ4n) is 3.34. The van der Waals surface area contributed by atoms with Gasteiger partial charge in [-0.15, -0.1) is 11.8 Å². The quantitative estimate of drug-likeness (QED) is 0.819. The predicted molar refractivity (Wildman–Crippen MR) is 112 cm³/mol. The maximum atomic E-state index is 12.4. The van der Waals surface area contributed by atoms with Crippen molar-refractivity contribution in [1.29, 1.82) is 0 Å². The number of aryl methyl sites for hydroxylation is 1. The summed E-state index contributed by atoms with van der Waals surface area (Å²) in [6, 6.07) is 18.2. The number of piperidine rings is 1. The molecule has 1 saturated heterocycles. The fraction of sp³-hybridized carbons (Fsp3) is 0.364. The van der Waals surface area contributed by atoms with E-state index in [4.69, 9.17) is 0 Å². The first-order valence-corrected chi connectivity index (χ1v) is 10.5. The maximum Gasteiger partial charge on any atom is 0.234 e. The molecule has 0 saturated carbocycles. The number of hydrogen-bond acceptors (Lipinski definition) is 3. The van der Waals surface area contributed by atoms with Crippen molar-refractivity contribution in [2.45, 2.75) is 25.7 Å². The van der Waals surface area contributed by atoms with E-state index in [-0.39, 0.29) is 11.8 Å². The number of thioether (sulfide) groups is 1. The van der Waals surface area contributed by atoms with Gasteiger partial charge in [-0.05, 0) is 43.4 Å². The highest BCUT2D eigenvalue weighted by molar-refractivity contribution is 8.00. The first kappa shape index (κ1) is 19.5. The molecular weight excluding hydrogens is 356 g/mol. The molecule has 2 aromatic rings. The number of anilines is 1. The van der Waals surface area contributed by atoms with Crippen molar-refractivity contribution in [2.24, 2.45) is 0 Å². The maximum absolute atomic E-state index is 12.4. The lowest BCUT2D eigenvalue weighted by atomic mass is 9.89. The van der Waals surface area contributed by atoms with E-state index >= 15 is 0 Å². The van der Waals surface area contributed by atoms with Crippen LogP contribution in [0.5, 0.6) is 0 Å². The minimum absolute atomic E-state index is 0.0700. The van der Waals surface area contributed by atoms with Crippen molar-refractivity contribution in [3.05, 3.63) is 65.7 Å². The molecule has 0 aliphatic carbocycles. The van der Waals surface area contributed by atoms with Gasteiger partial charge in [-0.2, -0.15) is 0 Å². The van der Waals surface area contributed by atoms with E-state index < -0.39 is 0 Å². The molecule has 3 rings (SSSR count). The van der Waals surface area contributed by atoms with Crippen LogP contribution < -0.4 is 5.32 Å². The molecule has 0 unspecified atom stereocenters. The minimum Gasteiger partial charge on any atom is -0.342 e. The average Bonchev–Trinajstić information content (AvgIpc) is 2.70. The van der Waals surface area contributed by atoms with Crippen molar-refractivity contribution < 1.29 is 9.59 Å². The number of nitrogens with one attached hydrogen (secondary N) is 1. The summed E-state index contributed by atoms with van der Waals surface area (Å²) in [7, 11) is 0. The summed E-state index contributed by atoms with van der Waals surface area (Å²) in [5.74, 6) is 1.26. The molecule has 4 nitrogen and oxygen atoms in total. The zero-order valence-corrected chi connectivity index (χ0v) is 16.5. The van der Waals surface area contributed by atoms with Crippen LogP contribution in [0.1, 0.15) is 29.9 Å². The molecule has 0 bridgehead atoms. The van der Waals surface area contributed by atoms with Gasteiger partial charge in [0, 0.05) is 18.8 Å². The summed E-state index contributed by atoms with van der Waals surface area (Å²) < 4.78 is 0. The molecule has 0 atom stereocenters. The SMILES string of the molecule is Cc1ccc(NC(=O)CSCC(=O)N2CCC(c3ccccc3)CC2)cc1. The molecule has 2 amide bonds. The third-order valence-corrected chi connectivity index (χ3v) is 5.83. The van der Waals surface area contributed by atoms with Gasteiger partial charge in [-0.25, -0.2) is 0 Å². The highest BCUT2D eigenvalue weighted by Crippen LogP contribution is 2.28. The van der Waals surface area contributed by atoms with Gasteiger partial charge in [0.15, 0.2) is 0 Å². The van der Waals surface area contributed by atoms with Gasteiger partial charge in [0.2, 0.25) is 11.8 Å². The Bertz CT molecular complexity index is 754. The molecule has 1 fully saturated rings. The van der Waals surface area contributed by atoms with E-state index in [1.54, 1.807) is 0 Å². The second kappa shape index (κ2) is 9.60. The van der Waals surface area contributed by atoms with Gasteiger partial charge < -0.3 is 10.2 Å². The monoisotopic (exact) mass is 382 g/mol. The Hall–Kier alpha value is -2.27. The van der Waals surface area contributed by atoms with Gasteiger partial charge in [0.05, 0.1) is 11.5 Å². The van der Waals surface area contributed by atoms with Gasteiger partial charge in [0.1, 0.15) is 0 Å². The van der Waals surface area contributed by atoms with E-state index in [1.807, 2.05) is 42.2 Å². The number of hydrogen-bond donors (Lipinski definition) is 1. The van der Waals surface area contributed by atoms with Crippen molar-refractivity contribution in [2.75, 3.05) is 29.9 Å². The molecule has 1 heterocycles. The lowest BCUT2D eigenvalue weighted by Gasteiger charge is -2.32. The lowest BCUT2D eigenvalue weighted by Crippen LogP contribution is -2.39. The Morgan fingerprint density at radius 1 is 1.00 bits per heavy atom. The van der Waals surface area contributed by atoms with Crippen LogP contribution in [0.4, 0.5) is 5.69 Å². The van der Waals surface area contributed by atoms with Crippen LogP contribution in [0.2, 0.25) is 0 Å². The number of likely N-dealkylation sites (tertiary alicyclic amines) is 1. The zero-order chi connectivity index (χ0) is 19.1. The number of rotatable bonds is 6. The Labute approximate surface area is 165 Å². The molecule has 2 aromatic carbocycles. The smallest absolute Gasteiger partial charge is 0.234 e. The Morgan fingerprint density at radius 3 is 2.33 bits per heavy atom. The number of nitrogens with zero attached hydrogens (tertiary/aromatic N) is 1. The van der Waals surface area contributed by atoms with Crippen LogP contribution in [0, 0.1) is 6.92 Å². The highest BCUT2D eigenvalue weighted by Gasteiger charge is 2.23.